The van der Waals surface area contributed by atoms with Gasteiger partial charge < -0.3 is 19.7 Å². The van der Waals surface area contributed by atoms with Crippen LogP contribution in [0.2, 0.25) is 0 Å². The molecule has 0 aromatic heterocycles. The maximum absolute atomic E-state index is 9.59. The topological polar surface area (TPSA) is 58.9 Å². The molecule has 0 saturated carbocycles. The molecule has 0 aliphatic rings. The number of rotatable bonds is 11. The van der Waals surface area contributed by atoms with Crippen molar-refractivity contribution in [3.63, 3.8) is 0 Å². The normalized spacial score (nSPS) is 10.8. The van der Waals surface area contributed by atoms with Gasteiger partial charge in [0.25, 0.3) is 0 Å². The Morgan fingerprint density at radius 1 is 0.500 bits per heavy atom. The fraction of sp³-hybridized carbons (Fsp3) is 0.200. The van der Waals surface area contributed by atoms with Crippen LogP contribution in [0.1, 0.15) is 22.3 Å². The van der Waals surface area contributed by atoms with Crippen LogP contribution in [0.25, 0.3) is 11.1 Å². The largest absolute Gasteiger partial charge is 0.489 e. The van der Waals surface area contributed by atoms with Gasteiger partial charge in [-0.25, -0.2) is 0 Å². The molecule has 4 aromatic rings. The summed E-state index contributed by atoms with van der Waals surface area (Å²) in [7, 11) is 0. The molecule has 4 rings (SSSR count). The van der Waals surface area contributed by atoms with E-state index in [9.17, 15) is 10.2 Å². The van der Waals surface area contributed by atoms with E-state index in [2.05, 4.69) is 12.1 Å². The van der Waals surface area contributed by atoms with Crippen molar-refractivity contribution < 1.29 is 19.7 Å². The number of aliphatic hydroxyl groups is 2. The second kappa shape index (κ2) is 12.0. The van der Waals surface area contributed by atoms with Gasteiger partial charge in [-0.3, -0.25) is 0 Å². The third-order valence-electron chi connectivity index (χ3n) is 5.69. The van der Waals surface area contributed by atoms with Gasteiger partial charge in [-0.1, -0.05) is 72.8 Å². The molecular weight excluding hydrogens is 424 g/mol. The molecular formula is C30H30O4. The Morgan fingerprint density at radius 3 is 1.29 bits per heavy atom. The van der Waals surface area contributed by atoms with Crippen molar-refractivity contribution in [2.45, 2.75) is 26.1 Å². The van der Waals surface area contributed by atoms with Crippen molar-refractivity contribution in [3.8, 4) is 22.6 Å². The molecule has 174 valence electrons. The summed E-state index contributed by atoms with van der Waals surface area (Å²) in [6, 6.07) is 32.2. The zero-order valence-electron chi connectivity index (χ0n) is 19.2. The molecule has 0 bridgehead atoms. The third-order valence-corrected chi connectivity index (χ3v) is 5.69. The Kier molecular flexibility index (Phi) is 8.33. The van der Waals surface area contributed by atoms with E-state index >= 15 is 0 Å². The number of ether oxygens (including phenoxy) is 2. The zero-order valence-corrected chi connectivity index (χ0v) is 19.2. The number of hydrogen-bond acceptors (Lipinski definition) is 4. The van der Waals surface area contributed by atoms with E-state index in [1.807, 2.05) is 84.9 Å². The molecule has 0 heterocycles. The van der Waals surface area contributed by atoms with Crippen LogP contribution < -0.4 is 9.47 Å². The number of hydrogen-bond donors (Lipinski definition) is 2. The Hall–Kier alpha value is -3.60. The lowest BCUT2D eigenvalue weighted by atomic mass is 9.98. The van der Waals surface area contributed by atoms with Crippen molar-refractivity contribution >= 4 is 0 Å². The molecule has 0 fully saturated rings. The fourth-order valence-electron chi connectivity index (χ4n) is 3.90. The van der Waals surface area contributed by atoms with E-state index in [-0.39, 0.29) is 13.2 Å². The van der Waals surface area contributed by atoms with Crippen molar-refractivity contribution in [2.24, 2.45) is 0 Å². The van der Waals surface area contributed by atoms with E-state index in [0.717, 1.165) is 44.9 Å². The van der Waals surface area contributed by atoms with E-state index in [1.54, 1.807) is 0 Å². The molecule has 0 saturated heterocycles. The summed E-state index contributed by atoms with van der Waals surface area (Å²) in [5.74, 6) is 1.56. The monoisotopic (exact) mass is 454 g/mol. The van der Waals surface area contributed by atoms with Crippen LogP contribution in [-0.4, -0.2) is 23.4 Å². The van der Waals surface area contributed by atoms with E-state index < -0.39 is 0 Å². The molecule has 0 unspecified atom stereocenters. The van der Waals surface area contributed by atoms with Crippen molar-refractivity contribution in [3.05, 3.63) is 119 Å². The van der Waals surface area contributed by atoms with Gasteiger partial charge in [-0.05, 0) is 70.5 Å². The van der Waals surface area contributed by atoms with Crippen LogP contribution in [-0.2, 0) is 26.1 Å². The summed E-state index contributed by atoms with van der Waals surface area (Å²) in [4.78, 5) is 0. The molecule has 0 atom stereocenters. The molecule has 0 aliphatic heterocycles. The van der Waals surface area contributed by atoms with Gasteiger partial charge in [0.05, 0.1) is 0 Å². The highest BCUT2D eigenvalue weighted by Crippen LogP contribution is 2.31. The van der Waals surface area contributed by atoms with Gasteiger partial charge in [0.2, 0.25) is 0 Å². The number of benzene rings is 4. The van der Waals surface area contributed by atoms with E-state index in [4.69, 9.17) is 9.47 Å². The van der Waals surface area contributed by atoms with E-state index in [1.165, 1.54) is 0 Å². The Bertz CT molecular complexity index is 1080. The smallest absolute Gasteiger partial charge is 0.123 e. The fourth-order valence-corrected chi connectivity index (χ4v) is 3.90. The molecule has 0 spiro atoms. The average molecular weight is 455 g/mol. The minimum Gasteiger partial charge on any atom is -0.489 e. The van der Waals surface area contributed by atoms with Crippen LogP contribution in [0.15, 0.2) is 97.1 Å². The molecule has 0 amide bonds. The highest BCUT2D eigenvalue weighted by Gasteiger charge is 2.11. The summed E-state index contributed by atoms with van der Waals surface area (Å²) >= 11 is 0. The SMILES string of the molecule is OCCc1cc(-c2ccc(OCc3ccccc3)c(CCO)c2)ccc1OCc1ccccc1. The van der Waals surface area contributed by atoms with Crippen molar-refractivity contribution in [1.82, 2.24) is 0 Å². The molecule has 0 radical (unpaired) electrons. The molecule has 0 aliphatic carbocycles. The van der Waals surface area contributed by atoms with Gasteiger partial charge in [0.1, 0.15) is 24.7 Å². The van der Waals surface area contributed by atoms with Crippen LogP contribution in [0, 0.1) is 0 Å². The van der Waals surface area contributed by atoms with Gasteiger partial charge in [-0.15, -0.1) is 0 Å². The lowest BCUT2D eigenvalue weighted by Gasteiger charge is -2.15. The zero-order chi connectivity index (χ0) is 23.6. The Balaban J connectivity index is 1.54. The first-order valence-electron chi connectivity index (χ1n) is 11.6. The van der Waals surface area contributed by atoms with E-state index in [0.29, 0.717) is 26.1 Å². The summed E-state index contributed by atoms with van der Waals surface area (Å²) < 4.78 is 12.1. The third kappa shape index (κ3) is 6.25. The average Bonchev–Trinajstić information content (AvgIpc) is 2.89. The van der Waals surface area contributed by atoms with Gasteiger partial charge in [0, 0.05) is 13.2 Å². The number of aliphatic hydroxyl groups excluding tert-OH is 2. The van der Waals surface area contributed by atoms with Crippen molar-refractivity contribution in [2.75, 3.05) is 13.2 Å². The van der Waals surface area contributed by atoms with Crippen LogP contribution in [0.4, 0.5) is 0 Å². The van der Waals surface area contributed by atoms with Gasteiger partial charge in [0.15, 0.2) is 0 Å². The first-order valence-corrected chi connectivity index (χ1v) is 11.6. The summed E-state index contributed by atoms with van der Waals surface area (Å²) in [6.07, 6.45) is 1.03. The summed E-state index contributed by atoms with van der Waals surface area (Å²) in [5.41, 5.74) is 6.18. The predicted molar refractivity (Wildman–Crippen MR) is 135 cm³/mol. The maximum Gasteiger partial charge on any atom is 0.123 e. The quantitative estimate of drug-likeness (QED) is 0.311. The Morgan fingerprint density at radius 2 is 0.912 bits per heavy atom. The maximum atomic E-state index is 9.59. The molecule has 4 heteroatoms. The molecule has 34 heavy (non-hydrogen) atoms. The predicted octanol–water partition coefficient (Wildman–Crippen LogP) is 5.58. The minimum atomic E-state index is 0.0488. The molecule has 4 nitrogen and oxygen atoms in total. The molecule has 4 aromatic carbocycles. The molecule has 2 N–H and O–H groups in total. The first-order chi connectivity index (χ1) is 16.8. The second-order valence-electron chi connectivity index (χ2n) is 8.14. The summed E-state index contributed by atoms with van der Waals surface area (Å²) in [5, 5.41) is 19.2. The lowest BCUT2D eigenvalue weighted by molar-refractivity contribution is 0.284. The summed E-state index contributed by atoms with van der Waals surface area (Å²) in [6.45, 7) is 1.06. The second-order valence-corrected chi connectivity index (χ2v) is 8.14. The lowest BCUT2D eigenvalue weighted by Crippen LogP contribution is -2.02. The van der Waals surface area contributed by atoms with Gasteiger partial charge >= 0.3 is 0 Å². The Labute approximate surface area is 201 Å². The first kappa shape index (κ1) is 23.6. The highest BCUT2D eigenvalue weighted by atomic mass is 16.5. The highest BCUT2D eigenvalue weighted by molar-refractivity contribution is 5.68. The van der Waals surface area contributed by atoms with Crippen LogP contribution in [0.3, 0.4) is 0 Å². The van der Waals surface area contributed by atoms with Crippen LogP contribution >= 0.6 is 0 Å². The van der Waals surface area contributed by atoms with Crippen molar-refractivity contribution in [1.29, 1.82) is 0 Å². The van der Waals surface area contributed by atoms with Crippen LogP contribution in [0.5, 0.6) is 11.5 Å². The minimum absolute atomic E-state index is 0.0488. The van der Waals surface area contributed by atoms with Gasteiger partial charge in [-0.2, -0.15) is 0 Å². The standard InChI is InChI=1S/C30H30O4/c31-17-15-27-19-25(11-13-29(27)33-21-23-7-3-1-4-8-23)26-12-14-30(28(20-26)16-18-32)34-22-24-9-5-2-6-10-24/h1-14,19-20,31-32H,15-18,21-22H2.